The molecule has 2 heterocycles. The molecule has 10 rings (SSSR count). The molecule has 4 heteroatoms. The fraction of sp³-hybridized carbons (Fsp3) is 0. The first-order valence-corrected chi connectivity index (χ1v) is 17.1. The Morgan fingerprint density at radius 2 is 0.941 bits per heavy atom. The highest BCUT2D eigenvalue weighted by Crippen LogP contribution is 2.45. The van der Waals surface area contributed by atoms with Gasteiger partial charge in [-0.3, -0.25) is 0 Å². The summed E-state index contributed by atoms with van der Waals surface area (Å²) in [4.78, 5) is 15.7. The zero-order valence-corrected chi connectivity index (χ0v) is 27.5. The van der Waals surface area contributed by atoms with Gasteiger partial charge in [-0.25, -0.2) is 15.0 Å². The molecule has 51 heavy (non-hydrogen) atoms. The molecule has 0 unspecified atom stereocenters. The largest absolute Gasteiger partial charge is 0.456 e. The van der Waals surface area contributed by atoms with E-state index in [-0.39, 0.29) is 0 Å². The first-order chi connectivity index (χ1) is 25.3. The second kappa shape index (κ2) is 11.9. The number of nitrogens with zero attached hydrogens (tertiary/aromatic N) is 3. The van der Waals surface area contributed by atoms with Crippen molar-refractivity contribution in [3.8, 4) is 56.4 Å². The number of rotatable bonds is 5. The molecule has 0 aliphatic rings. The number of para-hydroxylation sites is 1. The Morgan fingerprint density at radius 3 is 1.75 bits per heavy atom. The average Bonchev–Trinajstić information content (AvgIpc) is 3.59. The Balaban J connectivity index is 1.30. The molecule has 8 aromatic carbocycles. The lowest BCUT2D eigenvalue weighted by molar-refractivity contribution is 0.669. The Kier molecular flexibility index (Phi) is 6.78. The Hall–Kier alpha value is -6.91. The Labute approximate surface area is 294 Å². The van der Waals surface area contributed by atoms with Gasteiger partial charge in [0.15, 0.2) is 17.5 Å². The highest BCUT2D eigenvalue weighted by atomic mass is 16.3. The predicted octanol–water partition coefficient (Wildman–Crippen LogP) is 12.4. The smallest absolute Gasteiger partial charge is 0.165 e. The van der Waals surface area contributed by atoms with Gasteiger partial charge in [0.25, 0.3) is 0 Å². The number of furan rings is 1. The van der Waals surface area contributed by atoms with E-state index in [2.05, 4.69) is 133 Å². The van der Waals surface area contributed by atoms with Crippen LogP contribution in [-0.2, 0) is 0 Å². The number of benzene rings is 8. The molecule has 0 fully saturated rings. The predicted molar refractivity (Wildman–Crippen MR) is 209 cm³/mol. The van der Waals surface area contributed by atoms with Crippen LogP contribution in [0.3, 0.4) is 0 Å². The van der Waals surface area contributed by atoms with Crippen LogP contribution in [0.5, 0.6) is 0 Å². The molecule has 0 aliphatic carbocycles. The van der Waals surface area contributed by atoms with Crippen LogP contribution in [0, 0.1) is 0 Å². The molecular formula is C47H29N3O. The minimum atomic E-state index is 0.593. The van der Waals surface area contributed by atoms with Gasteiger partial charge in [0.05, 0.1) is 0 Å². The third kappa shape index (κ3) is 4.96. The molecule has 0 bridgehead atoms. The summed E-state index contributed by atoms with van der Waals surface area (Å²) in [5, 5.41) is 6.63. The molecule has 10 aromatic rings. The van der Waals surface area contributed by atoms with Crippen LogP contribution in [0.25, 0.3) is 99.9 Å². The van der Waals surface area contributed by atoms with E-state index >= 15 is 0 Å². The summed E-state index contributed by atoms with van der Waals surface area (Å²) in [7, 11) is 0. The van der Waals surface area contributed by atoms with Gasteiger partial charge >= 0.3 is 0 Å². The SMILES string of the molecule is c1ccc(-c2nc(-c3ccc4ccccc4c3)nc(-c3c(-c4cccc5c(-c6ccccc6)cccc45)ccc4oc5ccccc5c34)n2)cc1. The van der Waals surface area contributed by atoms with Gasteiger partial charge in [0.2, 0.25) is 0 Å². The van der Waals surface area contributed by atoms with Crippen molar-refractivity contribution >= 4 is 43.5 Å². The highest BCUT2D eigenvalue weighted by molar-refractivity contribution is 6.17. The average molecular weight is 652 g/mol. The lowest BCUT2D eigenvalue weighted by atomic mass is 9.89. The second-order valence-electron chi connectivity index (χ2n) is 12.8. The van der Waals surface area contributed by atoms with Crippen molar-refractivity contribution < 1.29 is 4.42 Å². The molecule has 4 nitrogen and oxygen atoms in total. The van der Waals surface area contributed by atoms with Crippen molar-refractivity contribution in [2.75, 3.05) is 0 Å². The van der Waals surface area contributed by atoms with E-state index in [1.54, 1.807) is 0 Å². The fourth-order valence-corrected chi connectivity index (χ4v) is 7.35. The minimum Gasteiger partial charge on any atom is -0.456 e. The van der Waals surface area contributed by atoms with Crippen LogP contribution in [0.4, 0.5) is 0 Å². The van der Waals surface area contributed by atoms with Crippen molar-refractivity contribution in [2.45, 2.75) is 0 Å². The fourth-order valence-electron chi connectivity index (χ4n) is 7.35. The second-order valence-corrected chi connectivity index (χ2v) is 12.8. The molecular weight excluding hydrogens is 623 g/mol. The maximum absolute atomic E-state index is 6.48. The van der Waals surface area contributed by atoms with E-state index in [1.165, 1.54) is 21.9 Å². The van der Waals surface area contributed by atoms with Crippen LogP contribution in [-0.4, -0.2) is 15.0 Å². The van der Waals surface area contributed by atoms with Crippen LogP contribution in [0.1, 0.15) is 0 Å². The zero-order chi connectivity index (χ0) is 33.7. The summed E-state index contributed by atoms with van der Waals surface area (Å²) in [5.74, 6) is 1.82. The summed E-state index contributed by atoms with van der Waals surface area (Å²) in [6, 6.07) is 61.0. The van der Waals surface area contributed by atoms with Crippen molar-refractivity contribution in [1.82, 2.24) is 15.0 Å². The number of aromatic nitrogens is 3. The third-order valence-electron chi connectivity index (χ3n) is 9.74. The van der Waals surface area contributed by atoms with Gasteiger partial charge in [0, 0.05) is 27.5 Å². The van der Waals surface area contributed by atoms with Gasteiger partial charge in [-0.2, -0.15) is 0 Å². The molecule has 0 spiro atoms. The Morgan fingerprint density at radius 1 is 0.333 bits per heavy atom. The van der Waals surface area contributed by atoms with Crippen molar-refractivity contribution in [1.29, 1.82) is 0 Å². The summed E-state index contributed by atoms with van der Waals surface area (Å²) in [5.41, 5.74) is 8.87. The monoisotopic (exact) mass is 651 g/mol. The van der Waals surface area contributed by atoms with Gasteiger partial charge in [-0.05, 0) is 68.1 Å². The highest BCUT2D eigenvalue weighted by Gasteiger charge is 2.23. The molecule has 2 aromatic heterocycles. The van der Waals surface area contributed by atoms with Crippen LogP contribution in [0.2, 0.25) is 0 Å². The van der Waals surface area contributed by atoms with E-state index in [9.17, 15) is 0 Å². The van der Waals surface area contributed by atoms with E-state index in [0.29, 0.717) is 17.5 Å². The van der Waals surface area contributed by atoms with Gasteiger partial charge < -0.3 is 4.42 Å². The zero-order valence-electron chi connectivity index (χ0n) is 27.5. The van der Waals surface area contributed by atoms with Crippen LogP contribution in [0.15, 0.2) is 180 Å². The van der Waals surface area contributed by atoms with Crippen LogP contribution < -0.4 is 0 Å². The standard InChI is InChI=1S/C47H29N3O/c1-3-14-31(15-4-1)35-20-11-22-37-36(35)21-12-23-38(37)39-27-28-42-43(40-19-9-10-24-41(40)51-42)44(39)47-49-45(32-16-5-2-6-17-32)48-46(50-47)34-26-25-30-13-7-8-18-33(30)29-34/h1-29H. The normalized spacial score (nSPS) is 11.5. The molecule has 0 saturated carbocycles. The molecule has 0 saturated heterocycles. The van der Waals surface area contributed by atoms with E-state index in [1.807, 2.05) is 42.5 Å². The van der Waals surface area contributed by atoms with Crippen molar-refractivity contribution in [2.24, 2.45) is 0 Å². The molecule has 0 atom stereocenters. The summed E-state index contributed by atoms with van der Waals surface area (Å²) in [6.45, 7) is 0. The van der Waals surface area contributed by atoms with Gasteiger partial charge in [-0.15, -0.1) is 0 Å². The minimum absolute atomic E-state index is 0.593. The molecule has 0 N–H and O–H groups in total. The van der Waals surface area contributed by atoms with E-state index in [4.69, 9.17) is 19.4 Å². The first kappa shape index (κ1) is 29.0. The molecule has 0 amide bonds. The van der Waals surface area contributed by atoms with Crippen molar-refractivity contribution in [3.05, 3.63) is 176 Å². The maximum atomic E-state index is 6.48. The molecule has 238 valence electrons. The quantitative estimate of drug-likeness (QED) is 0.186. The summed E-state index contributed by atoms with van der Waals surface area (Å²) >= 11 is 0. The summed E-state index contributed by atoms with van der Waals surface area (Å²) in [6.07, 6.45) is 0. The number of hydrogen-bond acceptors (Lipinski definition) is 4. The molecule has 0 aliphatic heterocycles. The topological polar surface area (TPSA) is 51.8 Å². The molecule has 0 radical (unpaired) electrons. The maximum Gasteiger partial charge on any atom is 0.165 e. The van der Waals surface area contributed by atoms with Crippen LogP contribution >= 0.6 is 0 Å². The third-order valence-corrected chi connectivity index (χ3v) is 9.74. The summed E-state index contributed by atoms with van der Waals surface area (Å²) < 4.78 is 6.48. The number of fused-ring (bicyclic) bond motifs is 5. The van der Waals surface area contributed by atoms with E-state index < -0.39 is 0 Å². The lowest BCUT2D eigenvalue weighted by Gasteiger charge is -2.16. The Bertz CT molecular complexity index is 2910. The van der Waals surface area contributed by atoms with Gasteiger partial charge in [0.1, 0.15) is 11.2 Å². The lowest BCUT2D eigenvalue weighted by Crippen LogP contribution is -2.01. The van der Waals surface area contributed by atoms with Gasteiger partial charge in [-0.1, -0.05) is 152 Å². The number of hydrogen-bond donors (Lipinski definition) is 0. The first-order valence-electron chi connectivity index (χ1n) is 17.1. The van der Waals surface area contributed by atoms with Crippen molar-refractivity contribution in [3.63, 3.8) is 0 Å². The van der Waals surface area contributed by atoms with E-state index in [0.717, 1.165) is 60.5 Å².